The summed E-state index contributed by atoms with van der Waals surface area (Å²) in [5.41, 5.74) is 4.41. The topological polar surface area (TPSA) is 42.0 Å². The van der Waals surface area contributed by atoms with E-state index < -0.39 is 0 Å². The number of rotatable bonds is 4. The van der Waals surface area contributed by atoms with Crippen LogP contribution in [0.5, 0.6) is 0 Å². The Labute approximate surface area is 125 Å². The molecule has 0 spiro atoms. The third kappa shape index (κ3) is 4.35. The fraction of sp³-hybridized carbons (Fsp3) is 0.250. The minimum Gasteiger partial charge on any atom is -0.352 e. The monoisotopic (exact) mass is 290 g/mol. The summed E-state index contributed by atoms with van der Waals surface area (Å²) >= 11 is 0. The molecule has 0 bridgehead atoms. The smallest absolute Gasteiger partial charge is 0.252 e. The molecule has 1 heterocycles. The van der Waals surface area contributed by atoms with Crippen LogP contribution in [0.3, 0.4) is 0 Å². The fourth-order valence-corrected chi connectivity index (χ4v) is 2.04. The van der Waals surface area contributed by atoms with Crippen molar-refractivity contribution in [1.29, 1.82) is 0 Å². The number of hydrogen-bond acceptors (Lipinski definition) is 2. The van der Waals surface area contributed by atoms with E-state index in [-0.39, 0.29) is 18.3 Å². The first-order valence-electron chi connectivity index (χ1n) is 6.41. The average Bonchev–Trinajstić information content (AvgIpc) is 2.42. The predicted molar refractivity (Wildman–Crippen MR) is 83.4 cm³/mol. The number of amides is 1. The Morgan fingerprint density at radius 3 is 2.70 bits per heavy atom. The zero-order valence-electron chi connectivity index (χ0n) is 11.7. The Hall–Kier alpha value is -1.87. The summed E-state index contributed by atoms with van der Waals surface area (Å²) in [6.45, 7) is 4.82. The maximum Gasteiger partial charge on any atom is 0.252 e. The Morgan fingerprint density at radius 2 is 2.05 bits per heavy atom. The van der Waals surface area contributed by atoms with Gasteiger partial charge in [-0.25, -0.2) is 0 Å². The van der Waals surface area contributed by atoms with Gasteiger partial charge in [0.2, 0.25) is 0 Å². The molecule has 1 aromatic heterocycles. The third-order valence-electron chi connectivity index (χ3n) is 3.10. The first-order chi connectivity index (χ1) is 9.16. The van der Waals surface area contributed by atoms with Gasteiger partial charge in [0.15, 0.2) is 0 Å². The van der Waals surface area contributed by atoms with Gasteiger partial charge in [0.25, 0.3) is 5.91 Å². The van der Waals surface area contributed by atoms with E-state index in [9.17, 15) is 4.79 Å². The van der Waals surface area contributed by atoms with Gasteiger partial charge in [0.05, 0.1) is 5.56 Å². The molecular weight excluding hydrogens is 272 g/mol. The lowest BCUT2D eigenvalue weighted by molar-refractivity contribution is 0.0954. The molecule has 0 atom stereocenters. The standard InChI is InChI=1S/C16H18N2O.ClH/c1-12-5-6-14(13(2)10-12)7-9-18-16(19)15-4-3-8-17-11-15;/h3-6,8,10-11H,7,9H2,1-2H3,(H,18,19);1H. The molecule has 0 radical (unpaired) electrons. The Bertz CT molecular complexity index is 570. The maximum absolute atomic E-state index is 11.8. The number of nitrogens with one attached hydrogen (secondary N) is 1. The molecule has 0 aliphatic rings. The van der Waals surface area contributed by atoms with Crippen molar-refractivity contribution in [2.75, 3.05) is 6.54 Å². The Morgan fingerprint density at radius 1 is 1.25 bits per heavy atom. The van der Waals surface area contributed by atoms with E-state index in [1.807, 2.05) is 0 Å². The summed E-state index contributed by atoms with van der Waals surface area (Å²) in [7, 11) is 0. The van der Waals surface area contributed by atoms with Crippen LogP contribution in [0.4, 0.5) is 0 Å². The number of aromatic nitrogens is 1. The summed E-state index contributed by atoms with van der Waals surface area (Å²) in [6, 6.07) is 9.92. The molecule has 4 heteroatoms. The summed E-state index contributed by atoms with van der Waals surface area (Å²) in [5, 5.41) is 2.91. The normalized spacial score (nSPS) is 9.70. The highest BCUT2D eigenvalue weighted by molar-refractivity contribution is 5.93. The van der Waals surface area contributed by atoms with Crippen molar-refractivity contribution in [2.24, 2.45) is 0 Å². The molecule has 2 aromatic rings. The van der Waals surface area contributed by atoms with E-state index in [1.165, 1.54) is 16.7 Å². The van der Waals surface area contributed by atoms with Gasteiger partial charge in [-0.2, -0.15) is 0 Å². The van der Waals surface area contributed by atoms with Crippen LogP contribution < -0.4 is 5.32 Å². The van der Waals surface area contributed by atoms with Crippen molar-refractivity contribution in [2.45, 2.75) is 20.3 Å². The second-order valence-electron chi connectivity index (χ2n) is 4.68. The van der Waals surface area contributed by atoms with Crippen LogP contribution in [-0.4, -0.2) is 17.4 Å². The maximum atomic E-state index is 11.8. The highest BCUT2D eigenvalue weighted by atomic mass is 35.5. The minimum absolute atomic E-state index is 0. The number of halogens is 1. The van der Waals surface area contributed by atoms with E-state index in [2.05, 4.69) is 42.3 Å². The summed E-state index contributed by atoms with van der Waals surface area (Å²) in [5.74, 6) is -0.0714. The number of nitrogens with zero attached hydrogens (tertiary/aromatic N) is 1. The molecule has 0 aliphatic carbocycles. The lowest BCUT2D eigenvalue weighted by Crippen LogP contribution is -2.25. The van der Waals surface area contributed by atoms with Crippen molar-refractivity contribution < 1.29 is 4.79 Å². The van der Waals surface area contributed by atoms with Gasteiger partial charge >= 0.3 is 0 Å². The van der Waals surface area contributed by atoms with Crippen molar-refractivity contribution in [3.8, 4) is 0 Å². The van der Waals surface area contributed by atoms with Crippen LogP contribution in [0.15, 0.2) is 42.7 Å². The Balaban J connectivity index is 0.00000200. The molecule has 0 saturated heterocycles. The lowest BCUT2D eigenvalue weighted by atomic mass is 10.0. The molecule has 0 unspecified atom stereocenters. The highest BCUT2D eigenvalue weighted by Crippen LogP contribution is 2.10. The third-order valence-corrected chi connectivity index (χ3v) is 3.10. The number of carbonyl (C=O) groups excluding carboxylic acids is 1. The zero-order chi connectivity index (χ0) is 13.7. The van der Waals surface area contributed by atoms with E-state index in [4.69, 9.17) is 0 Å². The SMILES string of the molecule is Cc1ccc(CCNC(=O)c2cccnc2)c(C)c1.Cl. The van der Waals surface area contributed by atoms with Crippen LogP contribution in [0, 0.1) is 13.8 Å². The number of benzene rings is 1. The van der Waals surface area contributed by atoms with Gasteiger partial charge in [-0.05, 0) is 43.5 Å². The Kier molecular flexibility index (Phi) is 6.19. The van der Waals surface area contributed by atoms with Gasteiger partial charge in [-0.15, -0.1) is 12.4 Å². The lowest BCUT2D eigenvalue weighted by Gasteiger charge is -2.08. The van der Waals surface area contributed by atoms with Crippen LogP contribution in [-0.2, 0) is 6.42 Å². The van der Waals surface area contributed by atoms with Crippen molar-refractivity contribution in [3.63, 3.8) is 0 Å². The molecular formula is C16H19ClN2O. The molecule has 1 amide bonds. The second kappa shape index (κ2) is 7.65. The molecule has 0 fully saturated rings. The van der Waals surface area contributed by atoms with Crippen molar-refractivity contribution >= 4 is 18.3 Å². The van der Waals surface area contributed by atoms with Gasteiger partial charge in [-0.1, -0.05) is 23.8 Å². The molecule has 106 valence electrons. The number of pyridine rings is 1. The van der Waals surface area contributed by atoms with Crippen LogP contribution >= 0.6 is 12.4 Å². The number of carbonyl (C=O) groups is 1. The van der Waals surface area contributed by atoms with Crippen LogP contribution in [0.25, 0.3) is 0 Å². The number of hydrogen-bond donors (Lipinski definition) is 1. The molecule has 3 nitrogen and oxygen atoms in total. The zero-order valence-corrected chi connectivity index (χ0v) is 12.5. The fourth-order valence-electron chi connectivity index (χ4n) is 2.04. The van der Waals surface area contributed by atoms with E-state index in [1.54, 1.807) is 24.5 Å². The molecule has 1 N–H and O–H groups in total. The van der Waals surface area contributed by atoms with Gasteiger partial charge < -0.3 is 5.32 Å². The summed E-state index contributed by atoms with van der Waals surface area (Å²) in [4.78, 5) is 15.8. The predicted octanol–water partition coefficient (Wildman–Crippen LogP) is 3.09. The largest absolute Gasteiger partial charge is 0.352 e. The quantitative estimate of drug-likeness (QED) is 0.940. The van der Waals surface area contributed by atoms with E-state index in [0.29, 0.717) is 12.1 Å². The average molecular weight is 291 g/mol. The van der Waals surface area contributed by atoms with Gasteiger partial charge in [0, 0.05) is 18.9 Å². The first-order valence-corrected chi connectivity index (χ1v) is 6.41. The first kappa shape index (κ1) is 16.2. The molecule has 20 heavy (non-hydrogen) atoms. The van der Waals surface area contributed by atoms with Gasteiger partial charge in [0.1, 0.15) is 0 Å². The highest BCUT2D eigenvalue weighted by Gasteiger charge is 2.04. The van der Waals surface area contributed by atoms with Crippen LogP contribution in [0.2, 0.25) is 0 Å². The minimum atomic E-state index is -0.0714. The van der Waals surface area contributed by atoms with Gasteiger partial charge in [-0.3, -0.25) is 9.78 Å². The molecule has 0 saturated carbocycles. The molecule has 1 aromatic carbocycles. The summed E-state index contributed by atoms with van der Waals surface area (Å²) < 4.78 is 0. The van der Waals surface area contributed by atoms with E-state index in [0.717, 1.165) is 6.42 Å². The van der Waals surface area contributed by atoms with Crippen molar-refractivity contribution in [3.05, 3.63) is 65.0 Å². The van der Waals surface area contributed by atoms with E-state index >= 15 is 0 Å². The van der Waals surface area contributed by atoms with Crippen molar-refractivity contribution in [1.82, 2.24) is 10.3 Å². The number of aryl methyl sites for hydroxylation is 2. The summed E-state index contributed by atoms with van der Waals surface area (Å²) in [6.07, 6.45) is 4.08. The molecule has 2 rings (SSSR count). The van der Waals surface area contributed by atoms with Crippen LogP contribution in [0.1, 0.15) is 27.0 Å². The second-order valence-corrected chi connectivity index (χ2v) is 4.68. The molecule has 0 aliphatic heterocycles.